The molecular formula is C6H12O4S2. The van der Waals surface area contributed by atoms with Gasteiger partial charge < -0.3 is 10.2 Å². The minimum absolute atomic E-state index is 0.125. The first-order chi connectivity index (χ1) is 5.54. The number of rotatable bonds is 4. The summed E-state index contributed by atoms with van der Waals surface area (Å²) < 4.78 is 0. The smallest absolute Gasteiger partial charge is 0.186 e. The van der Waals surface area contributed by atoms with E-state index in [1.54, 1.807) is 0 Å². The second-order valence-electron chi connectivity index (χ2n) is 1.73. The Bertz CT molecular complexity index is 122. The van der Waals surface area contributed by atoms with Crippen LogP contribution in [0.3, 0.4) is 0 Å². The maximum Gasteiger partial charge on any atom is 0.186 e. The van der Waals surface area contributed by atoms with Gasteiger partial charge in [-0.1, -0.05) is 0 Å². The third-order valence-electron chi connectivity index (χ3n) is 0.653. The molecule has 12 heavy (non-hydrogen) atoms. The molecule has 72 valence electrons. The van der Waals surface area contributed by atoms with E-state index in [2.05, 4.69) is 25.3 Å². The number of aliphatic hydroxyl groups is 2. The van der Waals surface area contributed by atoms with E-state index in [1.807, 2.05) is 0 Å². The molecule has 0 saturated carbocycles. The van der Waals surface area contributed by atoms with Crippen LogP contribution >= 0.6 is 25.3 Å². The van der Waals surface area contributed by atoms with Crippen LogP contribution in [0.4, 0.5) is 0 Å². The lowest BCUT2D eigenvalue weighted by Gasteiger charge is -1.85. The van der Waals surface area contributed by atoms with Crippen LogP contribution in [0, 0.1) is 0 Å². The highest BCUT2D eigenvalue weighted by atomic mass is 32.1. The van der Waals surface area contributed by atoms with E-state index in [9.17, 15) is 9.59 Å². The molecule has 0 aromatic carbocycles. The first-order valence-corrected chi connectivity index (χ1v) is 4.09. The molecule has 0 amide bonds. The summed E-state index contributed by atoms with van der Waals surface area (Å²) in [4.78, 5) is 20.1. The predicted molar refractivity (Wildman–Crippen MR) is 51.4 cm³/mol. The number of hydrogen-bond donors (Lipinski definition) is 4. The molecule has 0 aliphatic rings. The molecule has 0 unspecified atom stereocenters. The van der Waals surface area contributed by atoms with Crippen LogP contribution in [0.15, 0.2) is 0 Å². The van der Waals surface area contributed by atoms with E-state index in [0.29, 0.717) is 0 Å². The topological polar surface area (TPSA) is 74.6 Å². The van der Waals surface area contributed by atoms with E-state index < -0.39 is 0 Å². The molecule has 0 aliphatic carbocycles. The summed E-state index contributed by atoms with van der Waals surface area (Å²) in [7, 11) is 0. The van der Waals surface area contributed by atoms with Crippen molar-refractivity contribution in [2.75, 3.05) is 13.2 Å². The molecule has 0 aromatic rings. The van der Waals surface area contributed by atoms with Gasteiger partial charge in [-0.15, -0.1) is 25.3 Å². The number of aliphatic hydroxyl groups excluding tert-OH is 2. The Kier molecular flexibility index (Phi) is 13.2. The van der Waals surface area contributed by atoms with Crippen molar-refractivity contribution in [2.24, 2.45) is 0 Å². The van der Waals surface area contributed by atoms with Crippen LogP contribution in [0.25, 0.3) is 0 Å². The van der Waals surface area contributed by atoms with Gasteiger partial charge in [-0.3, -0.25) is 9.59 Å². The molecule has 0 radical (unpaired) electrons. The number of hydrogen-bond acceptors (Lipinski definition) is 4. The van der Waals surface area contributed by atoms with Gasteiger partial charge in [0, 0.05) is 12.8 Å². The monoisotopic (exact) mass is 212 g/mol. The molecule has 0 rings (SSSR count). The summed E-state index contributed by atoms with van der Waals surface area (Å²) in [5.74, 6) is 0. The fraction of sp³-hybridized carbons (Fsp3) is 0.667. The first kappa shape index (κ1) is 14.5. The first-order valence-electron chi connectivity index (χ1n) is 3.20. The van der Waals surface area contributed by atoms with Gasteiger partial charge in [0.05, 0.1) is 13.2 Å². The largest absolute Gasteiger partial charge is 0.394 e. The van der Waals surface area contributed by atoms with Crippen molar-refractivity contribution in [3.8, 4) is 0 Å². The summed E-state index contributed by atoms with van der Waals surface area (Å²) in [6.07, 6.45) is 0.372. The lowest BCUT2D eigenvalue weighted by Crippen LogP contribution is -1.91. The Balaban J connectivity index is 0. The highest BCUT2D eigenvalue weighted by Gasteiger charge is 1.96. The summed E-state index contributed by atoms with van der Waals surface area (Å²) in [6, 6.07) is 0. The molecule has 0 spiro atoms. The van der Waals surface area contributed by atoms with E-state index >= 15 is 0 Å². The summed E-state index contributed by atoms with van der Waals surface area (Å²) in [5, 5.41) is 14.7. The minimum Gasteiger partial charge on any atom is -0.394 e. The standard InChI is InChI=1S/C4H6O2S2.C2H6O2/c5-3(7)1-2-4(6)8;3-1-2-4/h1-2H2,(H,5,7)(H,6,8);3-4H,1-2H2. The lowest BCUT2D eigenvalue weighted by molar-refractivity contribution is -0.115. The fourth-order valence-corrected chi connectivity index (χ4v) is 0.437. The third-order valence-corrected chi connectivity index (χ3v) is 1.10. The maximum atomic E-state index is 10.0. The molecule has 0 heterocycles. The highest BCUT2D eigenvalue weighted by molar-refractivity contribution is 7.97. The second-order valence-corrected chi connectivity index (χ2v) is 2.73. The van der Waals surface area contributed by atoms with Gasteiger partial charge in [0.25, 0.3) is 0 Å². The zero-order chi connectivity index (χ0) is 9.98. The number of carbonyl (C=O) groups is 2. The van der Waals surface area contributed by atoms with Gasteiger partial charge in [0.1, 0.15) is 0 Å². The summed E-state index contributed by atoms with van der Waals surface area (Å²) in [6.45, 7) is -0.250. The van der Waals surface area contributed by atoms with Crippen LogP contribution in [0.1, 0.15) is 12.8 Å². The number of carbonyl (C=O) groups excluding carboxylic acids is 2. The van der Waals surface area contributed by atoms with Crippen molar-refractivity contribution in [3.05, 3.63) is 0 Å². The van der Waals surface area contributed by atoms with Gasteiger partial charge in [0.15, 0.2) is 10.2 Å². The van der Waals surface area contributed by atoms with Gasteiger partial charge in [0.2, 0.25) is 0 Å². The van der Waals surface area contributed by atoms with Crippen molar-refractivity contribution in [1.82, 2.24) is 0 Å². The van der Waals surface area contributed by atoms with Crippen molar-refractivity contribution >= 4 is 35.5 Å². The van der Waals surface area contributed by atoms with Crippen molar-refractivity contribution < 1.29 is 19.8 Å². The Hall–Kier alpha value is -0.0400. The van der Waals surface area contributed by atoms with Crippen LogP contribution < -0.4 is 0 Å². The fourth-order valence-electron chi connectivity index (χ4n) is 0.214. The normalized spacial score (nSPS) is 8.33. The quantitative estimate of drug-likeness (QED) is 0.481. The average molecular weight is 212 g/mol. The van der Waals surface area contributed by atoms with Crippen molar-refractivity contribution in [3.63, 3.8) is 0 Å². The molecule has 0 bridgehead atoms. The van der Waals surface area contributed by atoms with Gasteiger partial charge in [-0.05, 0) is 0 Å². The molecule has 2 N–H and O–H groups in total. The average Bonchev–Trinajstić information content (AvgIpc) is 2.01. The van der Waals surface area contributed by atoms with E-state index in [1.165, 1.54) is 0 Å². The second kappa shape index (κ2) is 11.0. The van der Waals surface area contributed by atoms with Crippen LogP contribution in [-0.4, -0.2) is 33.7 Å². The lowest BCUT2D eigenvalue weighted by atomic mass is 10.4. The third kappa shape index (κ3) is 22.5. The van der Waals surface area contributed by atoms with Crippen LogP contribution in [-0.2, 0) is 9.59 Å². The predicted octanol–water partition coefficient (Wildman–Crippen LogP) is -0.350. The van der Waals surface area contributed by atoms with Crippen LogP contribution in [0.2, 0.25) is 0 Å². The van der Waals surface area contributed by atoms with Crippen molar-refractivity contribution in [1.29, 1.82) is 0 Å². The summed E-state index contributed by atoms with van der Waals surface area (Å²) >= 11 is 6.90. The molecule has 0 aromatic heterocycles. The van der Waals surface area contributed by atoms with Gasteiger partial charge in [-0.2, -0.15) is 0 Å². The van der Waals surface area contributed by atoms with E-state index in [-0.39, 0.29) is 36.3 Å². The minimum atomic E-state index is -0.271. The van der Waals surface area contributed by atoms with E-state index in [4.69, 9.17) is 10.2 Å². The maximum absolute atomic E-state index is 10.0. The molecule has 0 saturated heterocycles. The Morgan fingerprint density at radius 3 is 1.25 bits per heavy atom. The number of thiol groups is 2. The van der Waals surface area contributed by atoms with Crippen LogP contribution in [0.5, 0.6) is 0 Å². The van der Waals surface area contributed by atoms with E-state index in [0.717, 1.165) is 0 Å². The zero-order valence-corrected chi connectivity index (χ0v) is 8.22. The molecule has 0 fully saturated rings. The molecule has 0 atom stereocenters. The molecule has 6 heteroatoms. The highest BCUT2D eigenvalue weighted by Crippen LogP contribution is 1.96. The zero-order valence-electron chi connectivity index (χ0n) is 6.43. The molecule has 0 aliphatic heterocycles. The Morgan fingerprint density at radius 1 is 0.917 bits per heavy atom. The van der Waals surface area contributed by atoms with Gasteiger partial charge >= 0.3 is 0 Å². The Labute approximate surface area is 81.8 Å². The Morgan fingerprint density at radius 2 is 1.17 bits per heavy atom. The van der Waals surface area contributed by atoms with Crippen molar-refractivity contribution in [2.45, 2.75) is 12.8 Å². The molecule has 4 nitrogen and oxygen atoms in total. The SMILES string of the molecule is O=C(S)CCC(=O)S.OCCO. The van der Waals surface area contributed by atoms with Gasteiger partial charge in [-0.25, -0.2) is 0 Å². The summed E-state index contributed by atoms with van der Waals surface area (Å²) in [5.41, 5.74) is 0. The molecular weight excluding hydrogens is 200 g/mol.